The first-order valence-corrected chi connectivity index (χ1v) is 21.7. The smallest absolute Gasteiger partial charge is 0.333 e. The number of Topliss-reactive ketones (excluding diaryl/α,β-unsaturated/α-hetero) is 1. The molecule has 0 aromatic rings. The molecule has 0 amide bonds. The Morgan fingerprint density at radius 1 is 0.983 bits per heavy atom. The summed E-state index contributed by atoms with van der Waals surface area (Å²) in [6.45, 7) is 18.6. The molecule has 2 heterocycles. The molecule has 330 valence electrons. The van der Waals surface area contributed by atoms with E-state index in [9.17, 15) is 40.2 Å². The highest BCUT2D eigenvalue weighted by Crippen LogP contribution is 2.37. The second kappa shape index (κ2) is 25.2. The van der Waals surface area contributed by atoms with Crippen LogP contribution in [0, 0.1) is 29.6 Å². The van der Waals surface area contributed by atoms with Gasteiger partial charge in [-0.1, -0.05) is 101 Å². The molecule has 6 N–H and O–H groups in total. The number of allylic oxidation sites excluding steroid dienone is 6. The molecule has 0 aliphatic carbocycles. The molecule has 13 unspecified atom stereocenters. The van der Waals surface area contributed by atoms with E-state index in [4.69, 9.17) is 9.47 Å². The highest BCUT2D eigenvalue weighted by atomic mass is 16.6. The average molecular weight is 815 g/mol. The van der Waals surface area contributed by atoms with Crippen LogP contribution in [0.4, 0.5) is 0 Å². The number of ketones is 1. The fourth-order valence-corrected chi connectivity index (χ4v) is 7.54. The number of ether oxygens (including phenoxy) is 2. The maximum atomic E-state index is 13.5. The number of aliphatic hydroxyl groups is 6. The molecule has 2 bridgehead atoms. The van der Waals surface area contributed by atoms with Gasteiger partial charge in [-0.05, 0) is 90.6 Å². The second-order valence-electron chi connectivity index (χ2n) is 17.7. The molecule has 2 rings (SSSR count). The molecule has 1 saturated heterocycles. The number of fused-ring (bicyclic) bond motifs is 2. The summed E-state index contributed by atoms with van der Waals surface area (Å²) >= 11 is 0. The van der Waals surface area contributed by atoms with Crippen LogP contribution < -0.4 is 0 Å². The molecule has 10 heteroatoms. The van der Waals surface area contributed by atoms with Gasteiger partial charge in [0.1, 0.15) is 11.9 Å². The number of cyclic esters (lactones) is 1. The van der Waals surface area contributed by atoms with Crippen molar-refractivity contribution in [1.29, 1.82) is 0 Å². The highest BCUT2D eigenvalue weighted by molar-refractivity contribution is 5.87. The first kappa shape index (κ1) is 51.4. The first-order chi connectivity index (χ1) is 27.2. The number of esters is 1. The van der Waals surface area contributed by atoms with Gasteiger partial charge in [0.05, 0.1) is 36.6 Å². The molecule has 0 spiro atoms. The van der Waals surface area contributed by atoms with Gasteiger partial charge in [-0.15, -0.1) is 0 Å². The van der Waals surface area contributed by atoms with Crippen molar-refractivity contribution < 1.29 is 49.7 Å². The lowest BCUT2D eigenvalue weighted by Crippen LogP contribution is -2.47. The summed E-state index contributed by atoms with van der Waals surface area (Å²) in [6.07, 6.45) is 14.3. The minimum atomic E-state index is -1.40. The Labute approximate surface area is 349 Å². The van der Waals surface area contributed by atoms with Gasteiger partial charge in [-0.2, -0.15) is 0 Å². The molecular weight excluding hydrogens is 737 g/mol. The number of carbonyl (C=O) groups is 2. The maximum Gasteiger partial charge on any atom is 0.333 e. The monoisotopic (exact) mass is 815 g/mol. The molecule has 58 heavy (non-hydrogen) atoms. The number of rotatable bonds is 10. The van der Waals surface area contributed by atoms with Crippen LogP contribution in [0.2, 0.25) is 0 Å². The van der Waals surface area contributed by atoms with Crippen LogP contribution in [-0.4, -0.2) is 90.9 Å². The zero-order valence-electron chi connectivity index (χ0n) is 37.1. The van der Waals surface area contributed by atoms with E-state index in [2.05, 4.69) is 0 Å². The zero-order valence-corrected chi connectivity index (χ0v) is 37.1. The van der Waals surface area contributed by atoms with Crippen LogP contribution in [0.1, 0.15) is 140 Å². The van der Waals surface area contributed by atoms with Crippen molar-refractivity contribution in [2.24, 2.45) is 29.6 Å². The van der Waals surface area contributed by atoms with E-state index in [1.54, 1.807) is 19.9 Å². The Morgan fingerprint density at radius 2 is 1.67 bits per heavy atom. The van der Waals surface area contributed by atoms with Crippen LogP contribution >= 0.6 is 0 Å². The zero-order chi connectivity index (χ0) is 43.7. The van der Waals surface area contributed by atoms with Gasteiger partial charge in [0, 0.05) is 48.5 Å². The Kier molecular flexibility index (Phi) is 22.3. The van der Waals surface area contributed by atoms with Crippen molar-refractivity contribution >= 4 is 11.8 Å². The molecular formula is C48H78O10. The highest BCUT2D eigenvalue weighted by Gasteiger charge is 2.41. The molecule has 2 aliphatic heterocycles. The average Bonchev–Trinajstić information content (AvgIpc) is 3.17. The summed E-state index contributed by atoms with van der Waals surface area (Å²) in [5.74, 6) is -3.01. The van der Waals surface area contributed by atoms with Crippen molar-refractivity contribution in [3.05, 3.63) is 70.9 Å². The third-order valence-corrected chi connectivity index (χ3v) is 12.4. The van der Waals surface area contributed by atoms with Crippen molar-refractivity contribution in [2.45, 2.75) is 188 Å². The maximum absolute atomic E-state index is 13.5. The normalized spacial score (nSPS) is 36.0. The van der Waals surface area contributed by atoms with Gasteiger partial charge in [0.2, 0.25) is 0 Å². The minimum Gasteiger partial charge on any atom is -0.459 e. The van der Waals surface area contributed by atoms with Gasteiger partial charge in [-0.3, -0.25) is 4.79 Å². The Bertz CT molecular complexity index is 1470. The van der Waals surface area contributed by atoms with E-state index in [1.807, 2.05) is 97.9 Å². The van der Waals surface area contributed by atoms with Gasteiger partial charge >= 0.3 is 5.97 Å². The lowest BCUT2D eigenvalue weighted by molar-refractivity contribution is -0.277. The quantitative estimate of drug-likeness (QED) is 0.0945. The van der Waals surface area contributed by atoms with Crippen LogP contribution in [0.5, 0.6) is 0 Å². The van der Waals surface area contributed by atoms with E-state index in [0.717, 1.165) is 17.6 Å². The standard InChI is InChI=1S/C48H78O10/c1-11-41(50)38(10)45(54)27-39(49)20-17-30(2)26-36(8)46-29-44(53)33(5)16-14-12-13-15-32(4)43(52)28-40-21-19-37(9)48(56,58-40)24-23-31(3)25-35(7)42(51)22-18-34(6)47(55)57-46/h12-14,16-18,23,25,32-33,36-42,44-46,49-51,53-54,56H,11,15,19-22,24,26-29H2,1-10H3/b13-12+,16-14+,30-17+,31-23-,34-18+,35-25+. The van der Waals surface area contributed by atoms with Crippen molar-refractivity contribution in [3.8, 4) is 0 Å². The SMILES string of the molecule is CCC(O)C(C)C(O)CC(O)C/C=C(\C)CC(C)C1CC(O)C(C)/C=C/C=C/CC(C)C(=O)CC2CCC(C)C(O)(C/C=C(C)\C=C(/C)C(O)C/C=C(\C)C(=O)O1)O2. The fourth-order valence-electron chi connectivity index (χ4n) is 7.54. The molecule has 10 nitrogen and oxygen atoms in total. The van der Waals surface area contributed by atoms with Gasteiger partial charge in [-0.25, -0.2) is 4.79 Å². The number of aliphatic hydroxyl groups excluding tert-OH is 5. The predicted molar refractivity (Wildman–Crippen MR) is 230 cm³/mol. The lowest BCUT2D eigenvalue weighted by atomic mass is 9.85. The van der Waals surface area contributed by atoms with E-state index in [-0.39, 0.29) is 73.6 Å². The van der Waals surface area contributed by atoms with E-state index >= 15 is 0 Å². The largest absolute Gasteiger partial charge is 0.459 e. The van der Waals surface area contributed by atoms with Gasteiger partial charge in [0.15, 0.2) is 5.79 Å². The molecule has 0 aromatic carbocycles. The Hall–Kier alpha value is -2.70. The topological polar surface area (TPSA) is 174 Å². The number of hydrogen-bond donors (Lipinski definition) is 6. The van der Waals surface area contributed by atoms with Gasteiger partial charge < -0.3 is 40.1 Å². The summed E-state index contributed by atoms with van der Waals surface area (Å²) in [5.41, 5.74) is 2.85. The third-order valence-electron chi connectivity index (χ3n) is 12.4. The summed E-state index contributed by atoms with van der Waals surface area (Å²) in [5, 5.41) is 65.1. The third kappa shape index (κ3) is 17.5. The van der Waals surface area contributed by atoms with E-state index < -0.39 is 48.4 Å². The minimum absolute atomic E-state index is 0.0804. The first-order valence-electron chi connectivity index (χ1n) is 21.7. The van der Waals surface area contributed by atoms with Crippen LogP contribution in [0.25, 0.3) is 0 Å². The molecule has 0 radical (unpaired) electrons. The van der Waals surface area contributed by atoms with Crippen LogP contribution in [-0.2, 0) is 19.1 Å². The predicted octanol–water partition coefficient (Wildman–Crippen LogP) is 7.76. The molecule has 1 fully saturated rings. The van der Waals surface area contributed by atoms with Crippen molar-refractivity contribution in [2.75, 3.05) is 0 Å². The van der Waals surface area contributed by atoms with Gasteiger partial charge in [0.25, 0.3) is 0 Å². The summed E-state index contributed by atoms with van der Waals surface area (Å²) in [6, 6.07) is 0. The summed E-state index contributed by atoms with van der Waals surface area (Å²) in [7, 11) is 0. The summed E-state index contributed by atoms with van der Waals surface area (Å²) in [4.78, 5) is 26.7. The fraction of sp³-hybridized carbons (Fsp3) is 0.708. The van der Waals surface area contributed by atoms with E-state index in [0.29, 0.717) is 43.3 Å². The summed E-state index contributed by atoms with van der Waals surface area (Å²) < 4.78 is 12.3. The number of carbonyl (C=O) groups excluding carboxylic acids is 2. The molecule has 0 aromatic heterocycles. The molecule has 0 saturated carbocycles. The van der Waals surface area contributed by atoms with E-state index in [1.165, 1.54) is 0 Å². The lowest BCUT2D eigenvalue weighted by Gasteiger charge is -2.41. The Balaban J connectivity index is 2.32. The molecule has 2 aliphatic rings. The molecule has 13 atom stereocenters. The van der Waals surface area contributed by atoms with Crippen LogP contribution in [0.15, 0.2) is 70.9 Å². The van der Waals surface area contributed by atoms with Crippen LogP contribution in [0.3, 0.4) is 0 Å². The Morgan fingerprint density at radius 3 is 2.34 bits per heavy atom. The second-order valence-corrected chi connectivity index (χ2v) is 17.7. The van der Waals surface area contributed by atoms with Crippen molar-refractivity contribution in [3.63, 3.8) is 0 Å². The van der Waals surface area contributed by atoms with Crippen molar-refractivity contribution in [1.82, 2.24) is 0 Å². The number of hydrogen-bond acceptors (Lipinski definition) is 10.